The van der Waals surface area contributed by atoms with E-state index in [9.17, 15) is 4.79 Å². The molecule has 4 heteroatoms. The van der Waals surface area contributed by atoms with Crippen LogP contribution in [0.2, 0.25) is 5.02 Å². The maximum absolute atomic E-state index is 12.3. The first-order valence-corrected chi connectivity index (χ1v) is 6.59. The van der Waals surface area contributed by atoms with Crippen molar-refractivity contribution in [2.24, 2.45) is 0 Å². The van der Waals surface area contributed by atoms with Gasteiger partial charge in [0.1, 0.15) is 11.5 Å². The molecule has 2 aromatic rings. The minimum absolute atomic E-state index is 0.104. The quantitative estimate of drug-likeness (QED) is 0.781. The summed E-state index contributed by atoms with van der Waals surface area (Å²) in [5.74, 6) is 1.11. The third kappa shape index (κ3) is 3.31. The van der Waals surface area contributed by atoms with E-state index in [1.54, 1.807) is 50.4 Å². The smallest absolute Gasteiger partial charge is 0.202 e. The minimum Gasteiger partial charge on any atom is -0.497 e. The van der Waals surface area contributed by atoms with E-state index < -0.39 is 6.10 Å². The molecule has 0 fully saturated rings. The molecule has 0 heterocycles. The Morgan fingerprint density at radius 1 is 1.10 bits per heavy atom. The summed E-state index contributed by atoms with van der Waals surface area (Å²) >= 11 is 6.01. The third-order valence-corrected chi connectivity index (χ3v) is 3.20. The Kier molecular flexibility index (Phi) is 4.64. The first-order chi connectivity index (χ1) is 9.61. The summed E-state index contributed by atoms with van der Waals surface area (Å²) < 4.78 is 10.7. The summed E-state index contributed by atoms with van der Waals surface area (Å²) in [4.78, 5) is 12.3. The minimum atomic E-state index is -0.608. The lowest BCUT2D eigenvalue weighted by Gasteiger charge is -2.14. The standard InChI is InChI=1S/C16H15ClO3/c1-11(20-15-6-4-3-5-14(15)17)16(18)12-7-9-13(19-2)10-8-12/h3-11H,1-2H3/t11-/m0/s1. The van der Waals surface area contributed by atoms with Crippen molar-refractivity contribution in [3.63, 3.8) is 0 Å². The molecule has 0 aliphatic rings. The number of benzene rings is 2. The fourth-order valence-corrected chi connectivity index (χ4v) is 1.95. The molecular weight excluding hydrogens is 276 g/mol. The predicted molar refractivity (Wildman–Crippen MR) is 78.9 cm³/mol. The molecule has 0 saturated carbocycles. The number of hydrogen-bond donors (Lipinski definition) is 0. The summed E-state index contributed by atoms with van der Waals surface area (Å²) in [6, 6.07) is 14.0. The summed E-state index contributed by atoms with van der Waals surface area (Å²) in [7, 11) is 1.58. The highest BCUT2D eigenvalue weighted by Gasteiger charge is 2.17. The zero-order valence-corrected chi connectivity index (χ0v) is 12.1. The fraction of sp³-hybridized carbons (Fsp3) is 0.188. The highest BCUT2D eigenvalue weighted by Crippen LogP contribution is 2.25. The van der Waals surface area contributed by atoms with Crippen LogP contribution >= 0.6 is 11.6 Å². The number of carbonyl (C=O) groups is 1. The van der Waals surface area contributed by atoms with Gasteiger partial charge in [-0.25, -0.2) is 0 Å². The van der Waals surface area contributed by atoms with Crippen molar-refractivity contribution in [1.29, 1.82) is 0 Å². The normalized spacial score (nSPS) is 11.8. The Hall–Kier alpha value is -2.00. The van der Waals surface area contributed by atoms with E-state index in [1.807, 2.05) is 12.1 Å². The van der Waals surface area contributed by atoms with Crippen LogP contribution in [0.1, 0.15) is 17.3 Å². The molecule has 0 bridgehead atoms. The molecule has 104 valence electrons. The van der Waals surface area contributed by atoms with Gasteiger partial charge in [-0.2, -0.15) is 0 Å². The lowest BCUT2D eigenvalue weighted by atomic mass is 10.1. The Bertz CT molecular complexity index is 593. The van der Waals surface area contributed by atoms with E-state index in [2.05, 4.69) is 0 Å². The molecular formula is C16H15ClO3. The molecule has 0 amide bonds. The lowest BCUT2D eigenvalue weighted by molar-refractivity contribution is 0.0818. The third-order valence-electron chi connectivity index (χ3n) is 2.88. The van der Waals surface area contributed by atoms with Crippen molar-refractivity contribution >= 4 is 17.4 Å². The van der Waals surface area contributed by atoms with Gasteiger partial charge in [-0.3, -0.25) is 4.79 Å². The van der Waals surface area contributed by atoms with Crippen molar-refractivity contribution in [3.05, 3.63) is 59.1 Å². The summed E-state index contributed by atoms with van der Waals surface area (Å²) in [6.45, 7) is 1.70. The lowest BCUT2D eigenvalue weighted by Crippen LogP contribution is -2.24. The molecule has 0 unspecified atom stereocenters. The number of ether oxygens (including phenoxy) is 2. The van der Waals surface area contributed by atoms with Crippen LogP contribution in [0.4, 0.5) is 0 Å². The second-order valence-corrected chi connectivity index (χ2v) is 4.69. The Balaban J connectivity index is 2.10. The van der Waals surface area contributed by atoms with Gasteiger partial charge in [0.15, 0.2) is 6.10 Å². The second kappa shape index (κ2) is 6.44. The molecule has 3 nitrogen and oxygen atoms in total. The molecule has 2 rings (SSSR count). The topological polar surface area (TPSA) is 35.5 Å². The van der Waals surface area contributed by atoms with Crippen molar-refractivity contribution in [2.75, 3.05) is 7.11 Å². The van der Waals surface area contributed by atoms with Crippen LogP contribution < -0.4 is 9.47 Å². The Labute approximate surface area is 123 Å². The first kappa shape index (κ1) is 14.4. The summed E-state index contributed by atoms with van der Waals surface area (Å²) in [5, 5.41) is 0.488. The van der Waals surface area contributed by atoms with Crippen LogP contribution in [0.3, 0.4) is 0 Å². The molecule has 0 spiro atoms. The van der Waals surface area contributed by atoms with Crippen LogP contribution in [0.15, 0.2) is 48.5 Å². The van der Waals surface area contributed by atoms with Gasteiger partial charge in [-0.1, -0.05) is 23.7 Å². The zero-order chi connectivity index (χ0) is 14.5. The number of hydrogen-bond acceptors (Lipinski definition) is 3. The molecule has 1 atom stereocenters. The SMILES string of the molecule is COc1ccc(C(=O)[C@H](C)Oc2ccccc2Cl)cc1. The predicted octanol–water partition coefficient (Wildman–Crippen LogP) is 4.00. The number of ketones is 1. The number of halogens is 1. The molecule has 0 aliphatic carbocycles. The van der Waals surface area contributed by atoms with Gasteiger partial charge >= 0.3 is 0 Å². The van der Waals surface area contributed by atoms with E-state index in [-0.39, 0.29) is 5.78 Å². The van der Waals surface area contributed by atoms with Crippen LogP contribution in [0, 0.1) is 0 Å². The van der Waals surface area contributed by atoms with E-state index in [1.165, 1.54) is 0 Å². The highest BCUT2D eigenvalue weighted by atomic mass is 35.5. The largest absolute Gasteiger partial charge is 0.497 e. The van der Waals surface area contributed by atoms with E-state index >= 15 is 0 Å². The van der Waals surface area contributed by atoms with Gasteiger partial charge in [-0.05, 0) is 43.3 Å². The van der Waals surface area contributed by atoms with Gasteiger partial charge in [0.05, 0.1) is 12.1 Å². The number of carbonyl (C=O) groups excluding carboxylic acids is 1. The average molecular weight is 291 g/mol. The molecule has 0 aromatic heterocycles. The average Bonchev–Trinajstić information content (AvgIpc) is 2.49. The van der Waals surface area contributed by atoms with Crippen LogP contribution in [0.25, 0.3) is 0 Å². The van der Waals surface area contributed by atoms with Crippen molar-refractivity contribution in [1.82, 2.24) is 0 Å². The van der Waals surface area contributed by atoms with Crippen molar-refractivity contribution < 1.29 is 14.3 Å². The fourth-order valence-electron chi connectivity index (χ4n) is 1.77. The maximum Gasteiger partial charge on any atom is 0.202 e. The maximum atomic E-state index is 12.3. The van der Waals surface area contributed by atoms with E-state index in [4.69, 9.17) is 21.1 Å². The molecule has 0 saturated heterocycles. The molecule has 20 heavy (non-hydrogen) atoms. The van der Waals surface area contributed by atoms with Crippen molar-refractivity contribution in [3.8, 4) is 11.5 Å². The van der Waals surface area contributed by atoms with Gasteiger partial charge in [0, 0.05) is 5.56 Å². The van der Waals surface area contributed by atoms with Crippen molar-refractivity contribution in [2.45, 2.75) is 13.0 Å². The molecule has 0 radical (unpaired) electrons. The number of Topliss-reactive ketones (excluding diaryl/α,β-unsaturated/α-hetero) is 1. The van der Waals surface area contributed by atoms with Gasteiger partial charge in [-0.15, -0.1) is 0 Å². The first-order valence-electron chi connectivity index (χ1n) is 6.21. The van der Waals surface area contributed by atoms with E-state index in [0.717, 1.165) is 0 Å². The summed E-state index contributed by atoms with van der Waals surface area (Å²) in [6.07, 6.45) is -0.608. The monoisotopic (exact) mass is 290 g/mol. The second-order valence-electron chi connectivity index (χ2n) is 4.28. The molecule has 2 aromatic carbocycles. The Morgan fingerprint density at radius 2 is 1.75 bits per heavy atom. The van der Waals surface area contributed by atoms with Gasteiger partial charge < -0.3 is 9.47 Å². The highest BCUT2D eigenvalue weighted by molar-refractivity contribution is 6.32. The van der Waals surface area contributed by atoms with Crippen LogP contribution in [0.5, 0.6) is 11.5 Å². The molecule has 0 N–H and O–H groups in total. The number of methoxy groups -OCH3 is 1. The number of para-hydroxylation sites is 1. The molecule has 0 aliphatic heterocycles. The van der Waals surface area contributed by atoms with Gasteiger partial charge in [0.2, 0.25) is 5.78 Å². The zero-order valence-electron chi connectivity index (χ0n) is 11.3. The van der Waals surface area contributed by atoms with Gasteiger partial charge in [0.25, 0.3) is 0 Å². The van der Waals surface area contributed by atoms with Crippen LogP contribution in [-0.2, 0) is 0 Å². The Morgan fingerprint density at radius 3 is 2.35 bits per heavy atom. The summed E-state index contributed by atoms with van der Waals surface area (Å²) in [5.41, 5.74) is 0.574. The van der Waals surface area contributed by atoms with E-state index in [0.29, 0.717) is 22.1 Å². The number of rotatable bonds is 5. The van der Waals surface area contributed by atoms with Crippen LogP contribution in [-0.4, -0.2) is 19.0 Å².